The average molecular weight is 467 g/mol. The first kappa shape index (κ1) is 28.2. The number of ketones is 1. The Balaban J connectivity index is 1.81. The highest BCUT2D eigenvalue weighted by Gasteiger charge is 2.49. The van der Waals surface area contributed by atoms with E-state index in [4.69, 9.17) is 4.74 Å². The van der Waals surface area contributed by atoms with Crippen LogP contribution in [0.1, 0.15) is 123 Å². The van der Waals surface area contributed by atoms with Crippen molar-refractivity contribution >= 4 is 5.78 Å². The molecule has 190 valence electrons. The highest BCUT2D eigenvalue weighted by Crippen LogP contribution is 2.38. The molecule has 2 atom stereocenters. The molecule has 4 heteroatoms. The minimum Gasteiger partial charge on any atom is -0.359 e. The molecule has 0 radical (unpaired) electrons. The lowest BCUT2D eigenvalue weighted by Gasteiger charge is -2.36. The first-order valence-electron chi connectivity index (χ1n) is 13.9. The van der Waals surface area contributed by atoms with E-state index in [-0.39, 0.29) is 18.1 Å². The number of ether oxygens (including phenoxy) is 1. The number of carbonyl (C=O) groups excluding carboxylic acids is 1. The summed E-state index contributed by atoms with van der Waals surface area (Å²) in [5.74, 6) is -0.165. The third kappa shape index (κ3) is 9.26. The van der Waals surface area contributed by atoms with E-state index in [1.165, 1.54) is 69.9 Å². The molecule has 0 saturated heterocycles. The van der Waals surface area contributed by atoms with Crippen LogP contribution in [-0.2, 0) is 9.53 Å². The molecule has 0 aliphatic heterocycles. The number of alkyl halides is 1. The van der Waals surface area contributed by atoms with E-state index in [2.05, 4.69) is 13.8 Å². The maximum absolute atomic E-state index is 15.0. The molecule has 2 rings (SSSR count). The van der Waals surface area contributed by atoms with Gasteiger partial charge in [-0.15, -0.1) is 0 Å². The normalized spacial score (nSPS) is 27.5. The zero-order chi connectivity index (χ0) is 23.9. The molecular weight excluding hydrogens is 418 g/mol. The van der Waals surface area contributed by atoms with E-state index in [0.717, 1.165) is 56.9 Å². The lowest BCUT2D eigenvalue weighted by Crippen LogP contribution is -2.50. The van der Waals surface area contributed by atoms with Crippen LogP contribution in [0.2, 0.25) is 0 Å². The zero-order valence-corrected chi connectivity index (χ0v) is 21.3. The van der Waals surface area contributed by atoms with Crippen molar-refractivity contribution < 1.29 is 18.3 Å². The highest BCUT2D eigenvalue weighted by molar-refractivity contribution is 5.91. The molecule has 2 aliphatic carbocycles. The molecule has 0 aromatic carbocycles. The molecule has 2 aliphatic rings. The predicted molar refractivity (Wildman–Crippen MR) is 134 cm³/mol. The largest absolute Gasteiger partial charge is 0.359 e. The van der Waals surface area contributed by atoms with Gasteiger partial charge in [0.25, 0.3) is 0 Å². The van der Waals surface area contributed by atoms with Crippen LogP contribution in [0.15, 0.2) is 24.1 Å². The van der Waals surface area contributed by atoms with Gasteiger partial charge in [-0.1, -0.05) is 103 Å². The van der Waals surface area contributed by atoms with Crippen LogP contribution in [0.5, 0.6) is 0 Å². The Hall–Kier alpha value is -1.03. The number of carbonyl (C=O) groups is 1. The van der Waals surface area contributed by atoms with Gasteiger partial charge in [0.2, 0.25) is 0 Å². The van der Waals surface area contributed by atoms with Crippen LogP contribution in [-0.4, -0.2) is 24.2 Å². The number of hydrogen-bond donors (Lipinski definition) is 0. The summed E-state index contributed by atoms with van der Waals surface area (Å²) in [6, 6.07) is 0. The summed E-state index contributed by atoms with van der Waals surface area (Å²) < 4.78 is 35.1. The van der Waals surface area contributed by atoms with Gasteiger partial charge in [0, 0.05) is 13.0 Å². The Bertz CT molecular complexity index is 607. The molecule has 0 heterocycles. The standard InChI is InChI=1S/C29H48F2O2/c1-3-5-7-9-11-13-22-33-29(21-14-16-26(30)28(29)31)27(32)23-25-19-17-24(18-20-25)15-12-10-8-6-4-2/h14,16,21,24-25,28H,3-13,15,17-20,22-23H2,1-2H3. The molecule has 33 heavy (non-hydrogen) atoms. The molecule has 0 spiro atoms. The van der Waals surface area contributed by atoms with Crippen LogP contribution in [0.25, 0.3) is 0 Å². The fraction of sp³-hybridized carbons (Fsp3) is 0.828. The summed E-state index contributed by atoms with van der Waals surface area (Å²) in [4.78, 5) is 13.3. The number of rotatable bonds is 17. The van der Waals surface area contributed by atoms with Gasteiger partial charge < -0.3 is 4.74 Å². The maximum atomic E-state index is 15.0. The molecule has 0 aromatic rings. The van der Waals surface area contributed by atoms with Gasteiger partial charge in [0.05, 0.1) is 0 Å². The zero-order valence-electron chi connectivity index (χ0n) is 21.3. The van der Waals surface area contributed by atoms with Crippen molar-refractivity contribution in [2.24, 2.45) is 11.8 Å². The molecule has 1 fully saturated rings. The van der Waals surface area contributed by atoms with Crippen molar-refractivity contribution in [3.63, 3.8) is 0 Å². The van der Waals surface area contributed by atoms with Gasteiger partial charge in [-0.05, 0) is 43.3 Å². The number of halogens is 2. The van der Waals surface area contributed by atoms with Crippen LogP contribution in [0.4, 0.5) is 8.78 Å². The van der Waals surface area contributed by atoms with Crippen molar-refractivity contribution in [3.05, 3.63) is 24.1 Å². The highest BCUT2D eigenvalue weighted by atomic mass is 19.2. The van der Waals surface area contributed by atoms with Crippen molar-refractivity contribution in [1.29, 1.82) is 0 Å². The lowest BCUT2D eigenvalue weighted by atomic mass is 9.75. The van der Waals surface area contributed by atoms with Crippen molar-refractivity contribution in [3.8, 4) is 0 Å². The number of Topliss-reactive ketones (excluding diaryl/α,β-unsaturated/α-hetero) is 1. The Morgan fingerprint density at radius 3 is 2.15 bits per heavy atom. The van der Waals surface area contributed by atoms with Crippen molar-refractivity contribution in [2.75, 3.05) is 6.61 Å². The molecule has 2 nitrogen and oxygen atoms in total. The van der Waals surface area contributed by atoms with E-state index in [1.807, 2.05) is 0 Å². The average Bonchev–Trinajstić information content (AvgIpc) is 2.82. The van der Waals surface area contributed by atoms with Crippen LogP contribution in [0.3, 0.4) is 0 Å². The topological polar surface area (TPSA) is 26.3 Å². The first-order valence-corrected chi connectivity index (χ1v) is 13.9. The second kappa shape index (κ2) is 15.8. The van der Waals surface area contributed by atoms with Gasteiger partial charge in [-0.2, -0.15) is 0 Å². The number of hydrogen-bond acceptors (Lipinski definition) is 2. The van der Waals surface area contributed by atoms with E-state index in [1.54, 1.807) is 0 Å². The Labute approximate surface area is 201 Å². The Morgan fingerprint density at radius 2 is 1.48 bits per heavy atom. The van der Waals surface area contributed by atoms with E-state index in [9.17, 15) is 9.18 Å². The lowest BCUT2D eigenvalue weighted by molar-refractivity contribution is -0.147. The monoisotopic (exact) mass is 466 g/mol. The van der Waals surface area contributed by atoms with Crippen LogP contribution in [0, 0.1) is 11.8 Å². The maximum Gasteiger partial charge on any atom is 0.191 e. The minimum atomic E-state index is -2.03. The fourth-order valence-corrected chi connectivity index (χ4v) is 5.40. The molecule has 0 bridgehead atoms. The second-order valence-corrected chi connectivity index (χ2v) is 10.4. The van der Waals surface area contributed by atoms with Gasteiger partial charge in [-0.3, -0.25) is 4.79 Å². The summed E-state index contributed by atoms with van der Waals surface area (Å²) in [5, 5.41) is 0. The third-order valence-electron chi connectivity index (χ3n) is 7.65. The fourth-order valence-electron chi connectivity index (χ4n) is 5.40. The van der Waals surface area contributed by atoms with Crippen LogP contribution >= 0.6 is 0 Å². The van der Waals surface area contributed by atoms with Crippen LogP contribution < -0.4 is 0 Å². The number of allylic oxidation sites excluding steroid dienone is 2. The minimum absolute atomic E-state index is 0.262. The summed E-state index contributed by atoms with van der Waals surface area (Å²) in [5.41, 5.74) is -1.78. The van der Waals surface area contributed by atoms with Crippen molar-refractivity contribution in [1.82, 2.24) is 0 Å². The van der Waals surface area contributed by atoms with E-state index in [0.29, 0.717) is 6.61 Å². The SMILES string of the molecule is CCCCCCCCOC1(C(=O)CC2CCC(CCCCCCC)CC2)C=CC=C(F)C1F. The molecule has 0 aromatic heterocycles. The predicted octanol–water partition coefficient (Wildman–Crippen LogP) is 8.99. The molecule has 0 amide bonds. The molecule has 1 saturated carbocycles. The van der Waals surface area contributed by atoms with Gasteiger partial charge in [0.1, 0.15) is 5.83 Å². The van der Waals surface area contributed by atoms with E-state index < -0.39 is 17.6 Å². The summed E-state index contributed by atoms with van der Waals surface area (Å²) >= 11 is 0. The summed E-state index contributed by atoms with van der Waals surface area (Å²) in [7, 11) is 0. The van der Waals surface area contributed by atoms with Crippen molar-refractivity contribution in [2.45, 2.75) is 135 Å². The van der Waals surface area contributed by atoms with Gasteiger partial charge >= 0.3 is 0 Å². The Morgan fingerprint density at radius 1 is 0.909 bits per heavy atom. The quantitative estimate of drug-likeness (QED) is 0.200. The summed E-state index contributed by atoms with van der Waals surface area (Å²) in [6.45, 7) is 4.71. The van der Waals surface area contributed by atoms with E-state index >= 15 is 4.39 Å². The first-order chi connectivity index (χ1) is 16.0. The molecular formula is C29H48F2O2. The Kier molecular flexibility index (Phi) is 13.5. The van der Waals surface area contributed by atoms with Gasteiger partial charge in [-0.25, -0.2) is 8.78 Å². The molecule has 0 N–H and O–H groups in total. The summed E-state index contributed by atoms with van der Waals surface area (Å²) in [6.07, 6.45) is 20.9. The second-order valence-electron chi connectivity index (χ2n) is 10.4. The molecule has 2 unspecified atom stereocenters. The third-order valence-corrected chi connectivity index (χ3v) is 7.65. The number of unbranched alkanes of at least 4 members (excludes halogenated alkanes) is 9. The smallest absolute Gasteiger partial charge is 0.191 e. The van der Waals surface area contributed by atoms with Gasteiger partial charge in [0.15, 0.2) is 17.6 Å².